The summed E-state index contributed by atoms with van der Waals surface area (Å²) in [5, 5.41) is 0. The van der Waals surface area contributed by atoms with Gasteiger partial charge < -0.3 is 20.1 Å². The number of methoxy groups -OCH3 is 1. The lowest BCUT2D eigenvalue weighted by atomic mass is 10.0. The van der Waals surface area contributed by atoms with Crippen molar-refractivity contribution in [2.24, 2.45) is 17.6 Å². The second kappa shape index (κ2) is 12.0. The number of nitrogens with zero attached hydrogens (tertiary/aromatic N) is 1. The number of carbonyl (C=O) groups excluding carboxylic acids is 1. The number of benzene rings is 1. The Labute approximate surface area is 164 Å². The number of ether oxygens (including phenoxy) is 2. The molecule has 2 N–H and O–H groups in total. The maximum Gasteiger partial charge on any atom is 0.253 e. The number of rotatable bonds is 10. The standard InChI is InChI=1S/C20H34N2O3.ClH/c1-14(2)10-12-25-18-8-7-16(13-19(18)24-6)20(23)22(5)11-9-17(21)15(3)4;/h7-8,13-15,17H,9-12,21H2,1-6H3;1H. The lowest BCUT2D eigenvalue weighted by molar-refractivity contribution is 0.0788. The van der Waals surface area contributed by atoms with Gasteiger partial charge in [0.25, 0.3) is 5.91 Å². The topological polar surface area (TPSA) is 64.8 Å². The van der Waals surface area contributed by atoms with Gasteiger partial charge >= 0.3 is 0 Å². The monoisotopic (exact) mass is 386 g/mol. The van der Waals surface area contributed by atoms with Crippen LogP contribution in [0.5, 0.6) is 11.5 Å². The van der Waals surface area contributed by atoms with Crippen molar-refractivity contribution >= 4 is 18.3 Å². The Balaban J connectivity index is 0.00000625. The second-order valence-electron chi connectivity index (χ2n) is 7.32. The molecule has 1 aromatic rings. The van der Waals surface area contributed by atoms with Gasteiger partial charge in [-0.1, -0.05) is 27.7 Å². The molecule has 0 fully saturated rings. The van der Waals surface area contributed by atoms with Gasteiger partial charge in [-0.05, 0) is 42.9 Å². The molecule has 150 valence electrons. The molecule has 1 rings (SSSR count). The Hall–Kier alpha value is -1.46. The molecule has 0 aliphatic heterocycles. The third-order valence-electron chi connectivity index (χ3n) is 4.36. The van der Waals surface area contributed by atoms with E-state index >= 15 is 0 Å². The molecular weight excluding hydrogens is 352 g/mol. The average Bonchev–Trinajstić information content (AvgIpc) is 2.58. The Morgan fingerprint density at radius 2 is 1.81 bits per heavy atom. The highest BCUT2D eigenvalue weighted by Crippen LogP contribution is 2.29. The first-order valence-electron chi connectivity index (χ1n) is 9.08. The van der Waals surface area contributed by atoms with Gasteiger partial charge in [0.2, 0.25) is 0 Å². The number of nitrogens with two attached hydrogens (primary N) is 1. The predicted octanol–water partition coefficient (Wildman–Crippen LogP) is 3.99. The van der Waals surface area contributed by atoms with Crippen molar-refractivity contribution in [3.63, 3.8) is 0 Å². The molecule has 0 spiro atoms. The van der Waals surface area contributed by atoms with Crippen LogP contribution in [-0.2, 0) is 0 Å². The largest absolute Gasteiger partial charge is 0.493 e. The molecule has 0 radical (unpaired) electrons. The van der Waals surface area contributed by atoms with Crippen LogP contribution in [0.2, 0.25) is 0 Å². The van der Waals surface area contributed by atoms with Crippen LogP contribution in [0, 0.1) is 11.8 Å². The van der Waals surface area contributed by atoms with Gasteiger partial charge in [-0.3, -0.25) is 4.79 Å². The predicted molar refractivity (Wildman–Crippen MR) is 110 cm³/mol. The molecule has 0 saturated heterocycles. The van der Waals surface area contributed by atoms with Crippen LogP contribution in [-0.4, -0.2) is 44.2 Å². The second-order valence-corrected chi connectivity index (χ2v) is 7.32. The van der Waals surface area contributed by atoms with Crippen LogP contribution in [0.15, 0.2) is 18.2 Å². The number of carbonyl (C=O) groups is 1. The zero-order valence-electron chi connectivity index (χ0n) is 17.0. The lowest BCUT2D eigenvalue weighted by Crippen LogP contribution is -2.34. The van der Waals surface area contributed by atoms with E-state index in [1.807, 2.05) is 0 Å². The Bertz CT molecular complexity index is 550. The van der Waals surface area contributed by atoms with Crippen molar-refractivity contribution < 1.29 is 14.3 Å². The van der Waals surface area contributed by atoms with Crippen LogP contribution in [0.3, 0.4) is 0 Å². The zero-order valence-corrected chi connectivity index (χ0v) is 17.8. The first-order chi connectivity index (χ1) is 11.8. The van der Waals surface area contributed by atoms with Gasteiger partial charge in [0.05, 0.1) is 13.7 Å². The molecule has 6 heteroatoms. The highest BCUT2D eigenvalue weighted by molar-refractivity contribution is 5.94. The highest BCUT2D eigenvalue weighted by atomic mass is 35.5. The van der Waals surface area contributed by atoms with E-state index in [0.29, 0.717) is 42.0 Å². The molecule has 0 aliphatic rings. The summed E-state index contributed by atoms with van der Waals surface area (Å²) in [4.78, 5) is 14.3. The van der Waals surface area contributed by atoms with E-state index in [4.69, 9.17) is 15.2 Å². The summed E-state index contributed by atoms with van der Waals surface area (Å²) < 4.78 is 11.2. The summed E-state index contributed by atoms with van der Waals surface area (Å²) in [5.41, 5.74) is 6.65. The molecule has 0 heterocycles. The summed E-state index contributed by atoms with van der Waals surface area (Å²) >= 11 is 0. The Morgan fingerprint density at radius 1 is 1.15 bits per heavy atom. The van der Waals surface area contributed by atoms with E-state index in [-0.39, 0.29) is 24.4 Å². The molecule has 5 nitrogen and oxygen atoms in total. The minimum Gasteiger partial charge on any atom is -0.493 e. The first-order valence-corrected chi connectivity index (χ1v) is 9.08. The molecule has 26 heavy (non-hydrogen) atoms. The third-order valence-corrected chi connectivity index (χ3v) is 4.36. The van der Waals surface area contributed by atoms with Gasteiger partial charge in [-0.25, -0.2) is 0 Å². The number of amides is 1. The molecule has 1 unspecified atom stereocenters. The van der Waals surface area contributed by atoms with Gasteiger partial charge in [-0.2, -0.15) is 0 Å². The van der Waals surface area contributed by atoms with E-state index in [0.717, 1.165) is 12.8 Å². The van der Waals surface area contributed by atoms with Crippen molar-refractivity contribution in [1.29, 1.82) is 0 Å². The van der Waals surface area contributed by atoms with E-state index in [2.05, 4.69) is 27.7 Å². The Kier molecular flexibility index (Phi) is 11.3. The molecule has 0 bridgehead atoms. The quantitative estimate of drug-likeness (QED) is 0.660. The van der Waals surface area contributed by atoms with Crippen LogP contribution in [0.25, 0.3) is 0 Å². The number of hydrogen-bond donors (Lipinski definition) is 1. The fourth-order valence-electron chi connectivity index (χ4n) is 2.32. The minimum atomic E-state index is -0.0389. The summed E-state index contributed by atoms with van der Waals surface area (Å²) in [7, 11) is 3.39. The third kappa shape index (κ3) is 7.83. The van der Waals surface area contributed by atoms with Crippen LogP contribution in [0.4, 0.5) is 0 Å². The first kappa shape index (κ1) is 24.5. The van der Waals surface area contributed by atoms with E-state index in [9.17, 15) is 4.79 Å². The molecule has 0 aliphatic carbocycles. The van der Waals surface area contributed by atoms with Crippen molar-refractivity contribution in [2.45, 2.75) is 46.6 Å². The van der Waals surface area contributed by atoms with Gasteiger partial charge in [0.15, 0.2) is 11.5 Å². The molecular formula is C20H35ClN2O3. The maximum atomic E-state index is 12.6. The SMILES string of the molecule is COc1cc(C(=O)N(C)CCC(N)C(C)C)ccc1OCCC(C)C.Cl. The summed E-state index contributed by atoms with van der Waals surface area (Å²) in [6.45, 7) is 9.76. The zero-order chi connectivity index (χ0) is 19.0. The van der Waals surface area contributed by atoms with Crippen molar-refractivity contribution in [3.05, 3.63) is 23.8 Å². The smallest absolute Gasteiger partial charge is 0.253 e. The van der Waals surface area contributed by atoms with Gasteiger partial charge in [0, 0.05) is 25.2 Å². The van der Waals surface area contributed by atoms with E-state index in [1.165, 1.54) is 0 Å². The van der Waals surface area contributed by atoms with E-state index < -0.39 is 0 Å². The molecule has 0 saturated carbocycles. The number of hydrogen-bond acceptors (Lipinski definition) is 4. The molecule has 1 aromatic carbocycles. The Morgan fingerprint density at radius 3 is 2.35 bits per heavy atom. The van der Waals surface area contributed by atoms with Crippen molar-refractivity contribution in [1.82, 2.24) is 4.90 Å². The summed E-state index contributed by atoms with van der Waals surface area (Å²) in [6.07, 6.45) is 1.76. The summed E-state index contributed by atoms with van der Waals surface area (Å²) in [6, 6.07) is 5.43. The van der Waals surface area contributed by atoms with Crippen LogP contribution >= 0.6 is 12.4 Å². The fraction of sp³-hybridized carbons (Fsp3) is 0.650. The van der Waals surface area contributed by atoms with Crippen LogP contribution < -0.4 is 15.2 Å². The van der Waals surface area contributed by atoms with Crippen molar-refractivity contribution in [2.75, 3.05) is 27.3 Å². The van der Waals surface area contributed by atoms with E-state index in [1.54, 1.807) is 37.3 Å². The lowest BCUT2D eigenvalue weighted by Gasteiger charge is -2.22. The normalized spacial score (nSPS) is 11.9. The highest BCUT2D eigenvalue weighted by Gasteiger charge is 2.16. The molecule has 1 amide bonds. The van der Waals surface area contributed by atoms with Gasteiger partial charge in [0.1, 0.15) is 0 Å². The van der Waals surface area contributed by atoms with Crippen LogP contribution in [0.1, 0.15) is 50.9 Å². The number of halogens is 1. The minimum absolute atomic E-state index is 0. The molecule has 1 atom stereocenters. The van der Waals surface area contributed by atoms with Gasteiger partial charge in [-0.15, -0.1) is 12.4 Å². The maximum absolute atomic E-state index is 12.6. The summed E-state index contributed by atoms with van der Waals surface area (Å²) in [5.74, 6) is 2.21. The fourth-order valence-corrected chi connectivity index (χ4v) is 2.32. The average molecular weight is 387 g/mol. The van der Waals surface area contributed by atoms with Crippen molar-refractivity contribution in [3.8, 4) is 11.5 Å². The molecule has 0 aromatic heterocycles.